The van der Waals surface area contributed by atoms with Crippen molar-refractivity contribution in [2.75, 3.05) is 6.54 Å². The molecule has 4 heteroatoms. The molecule has 1 aromatic rings. The molecule has 1 aromatic heterocycles. The van der Waals surface area contributed by atoms with Gasteiger partial charge in [0.05, 0.1) is 6.54 Å². The Hall–Kier alpha value is -0.900. The van der Waals surface area contributed by atoms with Gasteiger partial charge in [0.15, 0.2) is 0 Å². The summed E-state index contributed by atoms with van der Waals surface area (Å²) in [6.45, 7) is 7.25. The molecule has 0 aliphatic heterocycles. The Morgan fingerprint density at radius 3 is 3.07 bits per heavy atom. The fraction of sp³-hybridized carbons (Fsp3) is 0.818. The maximum atomic E-state index is 4.23. The molecule has 0 amide bonds. The number of rotatable bonds is 6. The zero-order valence-corrected chi connectivity index (χ0v) is 9.61. The summed E-state index contributed by atoms with van der Waals surface area (Å²) in [7, 11) is 0. The van der Waals surface area contributed by atoms with Crippen LogP contribution in [0.2, 0.25) is 0 Å². The molecule has 1 N–H and O–H groups in total. The van der Waals surface area contributed by atoms with Crippen LogP contribution < -0.4 is 5.32 Å². The Morgan fingerprint density at radius 2 is 2.40 bits per heavy atom. The average molecular weight is 208 g/mol. The molecule has 2 rings (SSSR count). The molecule has 1 heterocycles. The zero-order valence-electron chi connectivity index (χ0n) is 9.61. The van der Waals surface area contributed by atoms with Gasteiger partial charge < -0.3 is 5.32 Å². The lowest BCUT2D eigenvalue weighted by Crippen LogP contribution is -2.23. The molecule has 0 radical (unpaired) electrons. The molecule has 1 fully saturated rings. The smallest absolute Gasteiger partial charge is 0.140 e. The van der Waals surface area contributed by atoms with Crippen molar-refractivity contribution in [3.8, 4) is 0 Å². The van der Waals surface area contributed by atoms with Crippen LogP contribution in [0.4, 0.5) is 0 Å². The fourth-order valence-electron chi connectivity index (χ4n) is 1.93. The van der Waals surface area contributed by atoms with Gasteiger partial charge in [-0.15, -0.1) is 0 Å². The normalized spacial score (nSPS) is 18.0. The molecule has 0 spiro atoms. The highest BCUT2D eigenvalue weighted by Crippen LogP contribution is 2.36. The lowest BCUT2D eigenvalue weighted by Gasteiger charge is -2.11. The average Bonchev–Trinajstić information content (AvgIpc) is 2.99. The Labute approximate surface area is 91.1 Å². The number of hydrogen-bond donors (Lipinski definition) is 1. The van der Waals surface area contributed by atoms with E-state index < -0.39 is 0 Å². The van der Waals surface area contributed by atoms with Gasteiger partial charge in [-0.2, -0.15) is 5.10 Å². The van der Waals surface area contributed by atoms with Gasteiger partial charge in [-0.1, -0.05) is 6.92 Å². The molecule has 1 aliphatic carbocycles. The predicted molar refractivity (Wildman–Crippen MR) is 59.3 cm³/mol. The van der Waals surface area contributed by atoms with E-state index in [-0.39, 0.29) is 0 Å². The molecule has 1 unspecified atom stereocenters. The quantitative estimate of drug-likeness (QED) is 0.769. The van der Waals surface area contributed by atoms with Crippen LogP contribution in [0.3, 0.4) is 0 Å². The Bertz CT molecular complexity index is 303. The molecular formula is C11H20N4. The first-order valence-corrected chi connectivity index (χ1v) is 5.88. The van der Waals surface area contributed by atoms with Crippen molar-refractivity contribution in [3.05, 3.63) is 12.2 Å². The van der Waals surface area contributed by atoms with Gasteiger partial charge in [0, 0.05) is 6.54 Å². The molecule has 0 aromatic carbocycles. The third-order valence-electron chi connectivity index (χ3n) is 3.17. The summed E-state index contributed by atoms with van der Waals surface area (Å²) in [6, 6.07) is 0. The van der Waals surface area contributed by atoms with Gasteiger partial charge in [0.2, 0.25) is 0 Å². The summed E-state index contributed by atoms with van der Waals surface area (Å²) in [4.78, 5) is 4.23. The summed E-state index contributed by atoms with van der Waals surface area (Å²) < 4.78 is 1.94. The summed E-state index contributed by atoms with van der Waals surface area (Å²) >= 11 is 0. The topological polar surface area (TPSA) is 42.7 Å². The first-order valence-electron chi connectivity index (χ1n) is 5.88. The van der Waals surface area contributed by atoms with Crippen molar-refractivity contribution < 1.29 is 0 Å². The number of aromatic nitrogens is 3. The summed E-state index contributed by atoms with van der Waals surface area (Å²) in [6.07, 6.45) is 4.48. The number of hydrogen-bond acceptors (Lipinski definition) is 3. The van der Waals surface area contributed by atoms with Crippen molar-refractivity contribution in [1.82, 2.24) is 20.1 Å². The Morgan fingerprint density at radius 1 is 1.60 bits per heavy atom. The van der Waals surface area contributed by atoms with Gasteiger partial charge in [-0.25, -0.2) is 9.67 Å². The van der Waals surface area contributed by atoms with Crippen LogP contribution in [-0.2, 0) is 13.1 Å². The van der Waals surface area contributed by atoms with Crippen molar-refractivity contribution in [2.24, 2.45) is 11.8 Å². The Kier molecular flexibility index (Phi) is 3.36. The second kappa shape index (κ2) is 4.75. The van der Waals surface area contributed by atoms with Gasteiger partial charge in [-0.3, -0.25) is 0 Å². The maximum absolute atomic E-state index is 4.23. The van der Waals surface area contributed by atoms with E-state index in [2.05, 4.69) is 29.2 Å². The third-order valence-corrected chi connectivity index (χ3v) is 3.17. The van der Waals surface area contributed by atoms with E-state index >= 15 is 0 Å². The van der Waals surface area contributed by atoms with E-state index in [9.17, 15) is 0 Å². The highest BCUT2D eigenvalue weighted by Gasteiger charge is 2.27. The van der Waals surface area contributed by atoms with E-state index in [1.54, 1.807) is 6.33 Å². The molecule has 4 nitrogen and oxygen atoms in total. The lowest BCUT2D eigenvalue weighted by molar-refractivity contribution is 0.451. The van der Waals surface area contributed by atoms with Crippen molar-refractivity contribution in [2.45, 2.75) is 39.8 Å². The Balaban J connectivity index is 1.72. The standard InChI is InChI=1S/C11H20N4/c1-3-15-11(13-8-14-15)7-12-6-9(2)10-4-5-10/h8-10,12H,3-7H2,1-2H3. The highest BCUT2D eigenvalue weighted by atomic mass is 15.3. The van der Waals surface area contributed by atoms with Gasteiger partial charge in [-0.05, 0) is 38.1 Å². The molecular weight excluding hydrogens is 188 g/mol. The van der Waals surface area contributed by atoms with E-state index in [1.807, 2.05) is 4.68 Å². The van der Waals surface area contributed by atoms with E-state index in [4.69, 9.17) is 0 Å². The summed E-state index contributed by atoms with van der Waals surface area (Å²) in [5.74, 6) is 2.82. The second-order valence-corrected chi connectivity index (χ2v) is 4.44. The minimum Gasteiger partial charge on any atom is -0.310 e. The first-order chi connectivity index (χ1) is 7.31. The van der Waals surface area contributed by atoms with Gasteiger partial charge >= 0.3 is 0 Å². The highest BCUT2D eigenvalue weighted by molar-refractivity contribution is 4.85. The zero-order chi connectivity index (χ0) is 10.7. The molecule has 0 bridgehead atoms. The monoisotopic (exact) mass is 208 g/mol. The maximum Gasteiger partial charge on any atom is 0.140 e. The van der Waals surface area contributed by atoms with Crippen LogP contribution in [0, 0.1) is 11.8 Å². The van der Waals surface area contributed by atoms with E-state index in [0.717, 1.165) is 37.3 Å². The van der Waals surface area contributed by atoms with Crippen LogP contribution in [-0.4, -0.2) is 21.3 Å². The van der Waals surface area contributed by atoms with Gasteiger partial charge in [0.1, 0.15) is 12.2 Å². The second-order valence-electron chi connectivity index (χ2n) is 4.44. The van der Waals surface area contributed by atoms with Crippen LogP contribution >= 0.6 is 0 Å². The molecule has 1 atom stereocenters. The molecule has 1 saturated carbocycles. The van der Waals surface area contributed by atoms with Crippen molar-refractivity contribution in [3.63, 3.8) is 0 Å². The van der Waals surface area contributed by atoms with E-state index in [1.165, 1.54) is 12.8 Å². The largest absolute Gasteiger partial charge is 0.310 e. The van der Waals surface area contributed by atoms with Gasteiger partial charge in [0.25, 0.3) is 0 Å². The minimum atomic E-state index is 0.808. The molecule has 1 aliphatic rings. The van der Waals surface area contributed by atoms with Crippen molar-refractivity contribution >= 4 is 0 Å². The molecule has 84 valence electrons. The summed E-state index contributed by atoms with van der Waals surface area (Å²) in [5, 5.41) is 7.61. The molecule has 15 heavy (non-hydrogen) atoms. The number of aryl methyl sites for hydroxylation is 1. The van der Waals surface area contributed by atoms with Crippen LogP contribution in [0.25, 0.3) is 0 Å². The van der Waals surface area contributed by atoms with Crippen LogP contribution in [0.15, 0.2) is 6.33 Å². The van der Waals surface area contributed by atoms with Crippen LogP contribution in [0.5, 0.6) is 0 Å². The number of nitrogens with one attached hydrogen (secondary N) is 1. The number of nitrogens with zero attached hydrogens (tertiary/aromatic N) is 3. The minimum absolute atomic E-state index is 0.808. The third kappa shape index (κ3) is 2.78. The van der Waals surface area contributed by atoms with E-state index in [0.29, 0.717) is 0 Å². The van der Waals surface area contributed by atoms with Crippen molar-refractivity contribution in [1.29, 1.82) is 0 Å². The first kappa shape index (κ1) is 10.6. The fourth-order valence-corrected chi connectivity index (χ4v) is 1.93. The SMILES string of the molecule is CCn1ncnc1CNCC(C)C1CC1. The lowest BCUT2D eigenvalue weighted by atomic mass is 10.1. The predicted octanol–water partition coefficient (Wildman–Crippen LogP) is 1.43. The summed E-state index contributed by atoms with van der Waals surface area (Å²) in [5.41, 5.74) is 0. The van der Waals surface area contributed by atoms with Crippen LogP contribution in [0.1, 0.15) is 32.5 Å². The molecule has 0 saturated heterocycles.